The van der Waals surface area contributed by atoms with Crippen molar-refractivity contribution in [2.75, 3.05) is 4.90 Å². The number of hydrogen-bond acceptors (Lipinski definition) is 3. The van der Waals surface area contributed by atoms with E-state index in [9.17, 15) is 0 Å². The lowest BCUT2D eigenvalue weighted by Gasteiger charge is -2.27. The minimum Gasteiger partial charge on any atom is -0.456 e. The minimum atomic E-state index is -1.03. The number of aryl methyl sites for hydroxylation is 1. The van der Waals surface area contributed by atoms with Crippen LogP contribution in [0, 0.1) is 0 Å². The fraction of sp³-hybridized carbons (Fsp3) is 0.0213. The van der Waals surface area contributed by atoms with Gasteiger partial charge in [-0.3, -0.25) is 8.40 Å². The Hall–Kier alpha value is -6.36. The number of nitrogens with zero attached hydrogens (tertiary/aromatic N) is 1. The van der Waals surface area contributed by atoms with Crippen LogP contribution in [0.15, 0.2) is 173 Å². The topological polar surface area (TPSA) is 29.5 Å². The fourth-order valence-corrected chi connectivity index (χ4v) is 10.4. The summed E-state index contributed by atoms with van der Waals surface area (Å²) in [5, 5.41) is 9.65. The van der Waals surface area contributed by atoms with Crippen molar-refractivity contribution in [3.8, 4) is 11.1 Å². The normalized spacial score (nSPS) is 12.0. The Morgan fingerprint density at radius 3 is 1.88 bits per heavy atom. The van der Waals surface area contributed by atoms with Crippen LogP contribution in [0.3, 0.4) is 0 Å². The van der Waals surface area contributed by atoms with Crippen LogP contribution < -0.4 is 4.90 Å². The van der Waals surface area contributed by atoms with E-state index in [0.717, 1.165) is 50.2 Å². The van der Waals surface area contributed by atoms with Crippen LogP contribution in [0.5, 0.6) is 0 Å². The van der Waals surface area contributed by atoms with E-state index in [4.69, 9.17) is 8.83 Å². The predicted molar refractivity (Wildman–Crippen MR) is 216 cm³/mol. The minimum absolute atomic E-state index is 0.893. The largest absolute Gasteiger partial charge is 0.456 e. The zero-order valence-corrected chi connectivity index (χ0v) is 28.9. The number of hydrogen-bond donors (Lipinski definition) is 0. The first-order valence-corrected chi connectivity index (χ1v) is 19.4. The van der Waals surface area contributed by atoms with Gasteiger partial charge in [0.15, 0.2) is 0 Å². The van der Waals surface area contributed by atoms with E-state index in [-0.39, 0.29) is 0 Å². The molecular weight excluding hydrogens is 639 g/mol. The molecule has 0 spiro atoms. The third kappa shape index (κ3) is 4.30. The van der Waals surface area contributed by atoms with Gasteiger partial charge in [0, 0.05) is 38.6 Å². The molecule has 0 radical (unpaired) electrons. The quantitative estimate of drug-likeness (QED) is 0.175. The molecular formula is C47H30NO2Si-. The summed E-state index contributed by atoms with van der Waals surface area (Å²) in [6.07, 6.45) is 0. The second-order valence-electron chi connectivity index (χ2n) is 13.5. The van der Waals surface area contributed by atoms with Gasteiger partial charge in [0.2, 0.25) is 0 Å². The Balaban J connectivity index is 1.10. The van der Waals surface area contributed by atoms with Gasteiger partial charge in [0.05, 0.1) is 0 Å². The Bertz CT molecular complexity index is 3160. The first-order valence-electron chi connectivity index (χ1n) is 17.4. The highest BCUT2D eigenvalue weighted by molar-refractivity contribution is 6.77. The first-order chi connectivity index (χ1) is 25.2. The summed E-state index contributed by atoms with van der Waals surface area (Å²) in [5.74, 6) is 0. The number of rotatable bonds is 4. The van der Waals surface area contributed by atoms with Gasteiger partial charge in [-0.25, -0.2) is 0 Å². The molecule has 3 nitrogen and oxygen atoms in total. The summed E-state index contributed by atoms with van der Waals surface area (Å²) < 4.78 is 12.8. The van der Waals surface area contributed by atoms with Crippen molar-refractivity contribution in [2.45, 2.75) is 0 Å². The highest BCUT2D eigenvalue weighted by Crippen LogP contribution is 2.43. The number of benzene rings is 8. The predicted octanol–water partition coefficient (Wildman–Crippen LogP) is 13.4. The maximum absolute atomic E-state index is 6.55. The smallest absolute Gasteiger partial charge is 0.140 e. The summed E-state index contributed by atoms with van der Waals surface area (Å²) >= 11 is 0. The lowest BCUT2D eigenvalue weighted by Crippen LogP contribution is -2.10. The van der Waals surface area contributed by atoms with E-state index in [1.54, 1.807) is 0 Å². The summed E-state index contributed by atoms with van der Waals surface area (Å²) in [6, 6.07) is 59.1. The maximum atomic E-state index is 6.55. The van der Waals surface area contributed by atoms with Gasteiger partial charge in [-0.05, 0) is 87.3 Å². The molecule has 0 saturated carbocycles. The van der Waals surface area contributed by atoms with Crippen LogP contribution >= 0.6 is 0 Å². The second kappa shape index (κ2) is 10.8. The van der Waals surface area contributed by atoms with E-state index in [1.165, 1.54) is 53.4 Å². The molecule has 0 bridgehead atoms. The molecule has 0 aliphatic heterocycles. The van der Waals surface area contributed by atoms with Gasteiger partial charge in [-0.1, -0.05) is 109 Å². The Labute approximate surface area is 295 Å². The van der Waals surface area contributed by atoms with Gasteiger partial charge >= 0.3 is 0 Å². The number of para-hydroxylation sites is 2. The number of fused-ring (bicyclic) bond motifs is 11. The van der Waals surface area contributed by atoms with Crippen molar-refractivity contribution in [3.63, 3.8) is 0 Å². The molecule has 0 aliphatic rings. The molecule has 3 aromatic heterocycles. The maximum Gasteiger partial charge on any atom is 0.140 e. The monoisotopic (exact) mass is 668 g/mol. The van der Waals surface area contributed by atoms with E-state index in [0.29, 0.717) is 0 Å². The highest BCUT2D eigenvalue weighted by atomic mass is 28.2. The van der Waals surface area contributed by atoms with Crippen LogP contribution in [0.25, 0.3) is 86.5 Å². The molecule has 11 aromatic rings. The molecule has 0 amide bonds. The van der Waals surface area contributed by atoms with Gasteiger partial charge in [0.25, 0.3) is 0 Å². The third-order valence-electron chi connectivity index (χ3n) is 10.7. The van der Waals surface area contributed by atoms with Crippen molar-refractivity contribution in [1.82, 2.24) is 0 Å². The Morgan fingerprint density at radius 2 is 1.04 bits per heavy atom. The second-order valence-corrected chi connectivity index (χ2v) is 15.9. The van der Waals surface area contributed by atoms with Crippen LogP contribution in [0.1, 0.15) is 0 Å². The van der Waals surface area contributed by atoms with Crippen molar-refractivity contribution in [1.29, 1.82) is 0 Å². The Morgan fingerprint density at radius 1 is 0.412 bits per heavy atom. The molecule has 0 aliphatic carbocycles. The number of anilines is 3. The fourth-order valence-electron chi connectivity index (χ4n) is 8.19. The van der Waals surface area contributed by atoms with Gasteiger partial charge in [-0.15, -0.1) is 0 Å². The first kappa shape index (κ1) is 28.5. The number of furan rings is 2. The Kier molecular flexibility index (Phi) is 6.04. The van der Waals surface area contributed by atoms with Gasteiger partial charge in [-0.2, -0.15) is 16.5 Å². The molecule has 0 saturated heterocycles. The van der Waals surface area contributed by atoms with Crippen LogP contribution in [-0.4, -0.2) is 8.40 Å². The zero-order chi connectivity index (χ0) is 33.6. The molecule has 0 fully saturated rings. The van der Waals surface area contributed by atoms with Crippen LogP contribution in [-0.2, 0) is 6.55 Å². The average Bonchev–Trinajstić information content (AvgIpc) is 3.84. The standard InChI is InChI=1S/C47H30NO2Si/c1-51-44-25-23-38-36-10-4-7-13-42(36)50-47(38)46(44)39-22-20-35(28-45(39)51)48(34-21-24-43-40(27-34)37-11-5-6-12-41(37)49-43)33-18-16-30(17-19-33)32-15-14-29-8-2-3-9-31(29)26-32/h2-28H,1H3/q-1. The summed E-state index contributed by atoms with van der Waals surface area (Å²) in [5.41, 5.74) is 9.48. The molecule has 8 aromatic carbocycles. The lowest BCUT2D eigenvalue weighted by molar-refractivity contribution is 0.669. The molecule has 0 N–H and O–H groups in total. The van der Waals surface area contributed by atoms with E-state index in [2.05, 4.69) is 157 Å². The van der Waals surface area contributed by atoms with Crippen LogP contribution in [0.4, 0.5) is 17.1 Å². The SMILES string of the molecule is C[si-]1c2cc(N(c3ccc(-c4ccc5ccccc5c4)cc3)c3ccc4oc5ccccc5c4c3)ccc2c2c3oc4ccccc4c3ccc21. The summed E-state index contributed by atoms with van der Waals surface area (Å²) in [6.45, 7) is 2.42. The molecule has 11 rings (SSSR count). The van der Waals surface area contributed by atoms with E-state index in [1.807, 2.05) is 18.2 Å². The molecule has 3 heterocycles. The highest BCUT2D eigenvalue weighted by Gasteiger charge is 2.18. The van der Waals surface area contributed by atoms with Gasteiger partial charge in [0.1, 0.15) is 22.3 Å². The molecule has 0 atom stereocenters. The van der Waals surface area contributed by atoms with Crippen molar-refractivity contribution in [2.24, 2.45) is 6.55 Å². The van der Waals surface area contributed by atoms with E-state index < -0.39 is 8.40 Å². The van der Waals surface area contributed by atoms with Crippen molar-refractivity contribution in [3.05, 3.63) is 164 Å². The lowest BCUT2D eigenvalue weighted by atomic mass is 10.0. The summed E-state index contributed by atoms with van der Waals surface area (Å²) in [7, 11) is -1.03. The third-order valence-corrected chi connectivity index (χ3v) is 13.2. The molecule has 4 heteroatoms. The molecule has 0 unspecified atom stereocenters. The molecule has 240 valence electrons. The van der Waals surface area contributed by atoms with Crippen LogP contribution in [0.2, 0.25) is 0 Å². The van der Waals surface area contributed by atoms with Gasteiger partial charge < -0.3 is 13.7 Å². The average molecular weight is 669 g/mol. The molecule has 51 heavy (non-hydrogen) atoms. The van der Waals surface area contributed by atoms with E-state index >= 15 is 0 Å². The van der Waals surface area contributed by atoms with Crippen molar-refractivity contribution >= 4 is 101 Å². The summed E-state index contributed by atoms with van der Waals surface area (Å²) in [4.78, 5) is 5.21. The van der Waals surface area contributed by atoms with Crippen molar-refractivity contribution < 1.29 is 8.83 Å². The zero-order valence-electron chi connectivity index (χ0n) is 27.9.